The molecule has 1 atom stereocenters. The molecule has 2 rings (SSSR count). The third kappa shape index (κ3) is 4.60. The predicted molar refractivity (Wildman–Crippen MR) is 91.4 cm³/mol. The van der Waals surface area contributed by atoms with Gasteiger partial charge in [0.2, 0.25) is 5.91 Å². The summed E-state index contributed by atoms with van der Waals surface area (Å²) < 4.78 is 5.18. The summed E-state index contributed by atoms with van der Waals surface area (Å²) in [5.74, 6) is 1.26. The lowest BCUT2D eigenvalue weighted by Gasteiger charge is -2.23. The van der Waals surface area contributed by atoms with Crippen LogP contribution >= 0.6 is 11.3 Å². The standard InChI is InChI=1S/C18H23NO2S/c1-13(2)18(15-5-7-16(21-3)8-6-15)19-17(20)9-4-14-10-11-22-12-14/h5-8,10-13,18H,4,9H2,1-3H3,(H,19,20). The van der Waals surface area contributed by atoms with Gasteiger partial charge in [-0.15, -0.1) is 0 Å². The number of aryl methyl sites for hydroxylation is 1. The van der Waals surface area contributed by atoms with E-state index in [2.05, 4.69) is 30.6 Å². The van der Waals surface area contributed by atoms with E-state index >= 15 is 0 Å². The van der Waals surface area contributed by atoms with Crippen LogP contribution in [0.4, 0.5) is 0 Å². The van der Waals surface area contributed by atoms with Crippen molar-refractivity contribution >= 4 is 17.2 Å². The molecule has 1 amide bonds. The van der Waals surface area contributed by atoms with Crippen molar-refractivity contribution < 1.29 is 9.53 Å². The summed E-state index contributed by atoms with van der Waals surface area (Å²) in [6.45, 7) is 4.24. The van der Waals surface area contributed by atoms with Crippen LogP contribution in [-0.2, 0) is 11.2 Å². The fourth-order valence-corrected chi connectivity index (χ4v) is 3.09. The fourth-order valence-electron chi connectivity index (χ4n) is 2.38. The average Bonchev–Trinajstić information content (AvgIpc) is 3.04. The Morgan fingerprint density at radius 1 is 1.23 bits per heavy atom. The van der Waals surface area contributed by atoms with Crippen LogP contribution in [0.25, 0.3) is 0 Å². The van der Waals surface area contributed by atoms with Crippen LogP contribution in [0.2, 0.25) is 0 Å². The molecular formula is C18H23NO2S. The van der Waals surface area contributed by atoms with Crippen molar-refractivity contribution in [3.63, 3.8) is 0 Å². The van der Waals surface area contributed by atoms with Crippen LogP contribution < -0.4 is 10.1 Å². The quantitative estimate of drug-likeness (QED) is 0.831. The Labute approximate surface area is 136 Å². The van der Waals surface area contributed by atoms with E-state index in [1.165, 1.54) is 5.56 Å². The Hall–Kier alpha value is -1.81. The molecule has 1 aromatic carbocycles. The molecule has 2 aromatic rings. The van der Waals surface area contributed by atoms with E-state index in [-0.39, 0.29) is 11.9 Å². The number of carbonyl (C=O) groups excluding carboxylic acids is 1. The highest BCUT2D eigenvalue weighted by atomic mass is 32.1. The summed E-state index contributed by atoms with van der Waals surface area (Å²) in [6.07, 6.45) is 1.32. The molecular weight excluding hydrogens is 294 g/mol. The Kier molecular flexibility index (Phi) is 6.01. The second-order valence-electron chi connectivity index (χ2n) is 5.69. The van der Waals surface area contributed by atoms with Crippen LogP contribution in [0, 0.1) is 5.92 Å². The molecule has 4 heteroatoms. The number of rotatable bonds is 7. The minimum Gasteiger partial charge on any atom is -0.497 e. The van der Waals surface area contributed by atoms with Gasteiger partial charge in [0.15, 0.2) is 0 Å². The van der Waals surface area contributed by atoms with E-state index in [9.17, 15) is 4.79 Å². The Morgan fingerprint density at radius 2 is 1.95 bits per heavy atom. The first-order valence-electron chi connectivity index (χ1n) is 7.54. The maximum Gasteiger partial charge on any atom is 0.220 e. The minimum absolute atomic E-state index is 0.0286. The first kappa shape index (κ1) is 16.6. The SMILES string of the molecule is COc1ccc(C(NC(=O)CCc2ccsc2)C(C)C)cc1. The van der Waals surface area contributed by atoms with Gasteiger partial charge in [-0.05, 0) is 52.4 Å². The van der Waals surface area contributed by atoms with Gasteiger partial charge < -0.3 is 10.1 Å². The van der Waals surface area contributed by atoms with Gasteiger partial charge in [0.05, 0.1) is 13.2 Å². The van der Waals surface area contributed by atoms with Crippen molar-refractivity contribution in [2.45, 2.75) is 32.7 Å². The largest absolute Gasteiger partial charge is 0.497 e. The number of benzene rings is 1. The zero-order valence-electron chi connectivity index (χ0n) is 13.3. The lowest BCUT2D eigenvalue weighted by atomic mass is 9.95. The summed E-state index contributed by atoms with van der Waals surface area (Å²) in [7, 11) is 1.65. The molecule has 0 saturated carbocycles. The van der Waals surface area contributed by atoms with Crippen molar-refractivity contribution in [1.29, 1.82) is 0 Å². The second kappa shape index (κ2) is 7.99. The molecule has 0 aliphatic rings. The van der Waals surface area contributed by atoms with Gasteiger partial charge in [0.25, 0.3) is 0 Å². The van der Waals surface area contributed by atoms with E-state index in [4.69, 9.17) is 4.74 Å². The van der Waals surface area contributed by atoms with Crippen LogP contribution in [0.1, 0.15) is 37.4 Å². The lowest BCUT2D eigenvalue weighted by molar-refractivity contribution is -0.122. The maximum absolute atomic E-state index is 12.2. The Morgan fingerprint density at radius 3 is 2.50 bits per heavy atom. The predicted octanol–water partition coefficient (Wildman–Crippen LogP) is 4.20. The molecule has 0 aliphatic carbocycles. The normalized spacial score (nSPS) is 12.2. The third-order valence-electron chi connectivity index (χ3n) is 3.68. The first-order chi connectivity index (χ1) is 10.6. The Balaban J connectivity index is 1.96. The van der Waals surface area contributed by atoms with Gasteiger partial charge >= 0.3 is 0 Å². The van der Waals surface area contributed by atoms with E-state index < -0.39 is 0 Å². The summed E-state index contributed by atoms with van der Waals surface area (Å²) >= 11 is 1.67. The number of hydrogen-bond acceptors (Lipinski definition) is 3. The Bertz CT molecular complexity index is 576. The van der Waals surface area contributed by atoms with Crippen LogP contribution in [0.15, 0.2) is 41.1 Å². The highest BCUT2D eigenvalue weighted by Crippen LogP contribution is 2.24. The van der Waals surface area contributed by atoms with Crippen molar-refractivity contribution in [1.82, 2.24) is 5.32 Å². The van der Waals surface area contributed by atoms with Crippen molar-refractivity contribution in [3.8, 4) is 5.75 Å². The highest BCUT2D eigenvalue weighted by molar-refractivity contribution is 7.07. The van der Waals surface area contributed by atoms with E-state index in [0.29, 0.717) is 12.3 Å². The minimum atomic E-state index is 0.0286. The molecule has 0 saturated heterocycles. The summed E-state index contributed by atoms with van der Waals surface area (Å²) in [5.41, 5.74) is 2.34. The molecule has 3 nitrogen and oxygen atoms in total. The van der Waals surface area contributed by atoms with Crippen molar-refractivity contribution in [3.05, 3.63) is 52.2 Å². The van der Waals surface area contributed by atoms with E-state index in [1.807, 2.05) is 29.6 Å². The summed E-state index contributed by atoms with van der Waals surface area (Å²) in [4.78, 5) is 12.2. The number of nitrogens with one attached hydrogen (secondary N) is 1. The van der Waals surface area contributed by atoms with Gasteiger partial charge in [-0.3, -0.25) is 4.79 Å². The smallest absolute Gasteiger partial charge is 0.220 e. The molecule has 1 heterocycles. The molecule has 1 unspecified atom stereocenters. The van der Waals surface area contributed by atoms with Crippen LogP contribution in [-0.4, -0.2) is 13.0 Å². The van der Waals surface area contributed by atoms with Crippen LogP contribution in [0.3, 0.4) is 0 Å². The molecule has 22 heavy (non-hydrogen) atoms. The molecule has 118 valence electrons. The second-order valence-corrected chi connectivity index (χ2v) is 6.47. The zero-order valence-corrected chi connectivity index (χ0v) is 14.2. The van der Waals surface area contributed by atoms with Crippen molar-refractivity contribution in [2.75, 3.05) is 7.11 Å². The summed E-state index contributed by atoms with van der Waals surface area (Å²) in [6, 6.07) is 10.00. The average molecular weight is 317 g/mol. The number of carbonyl (C=O) groups is 1. The van der Waals surface area contributed by atoms with E-state index in [0.717, 1.165) is 17.7 Å². The maximum atomic E-state index is 12.2. The molecule has 0 spiro atoms. The fraction of sp³-hybridized carbons (Fsp3) is 0.389. The number of hydrogen-bond donors (Lipinski definition) is 1. The zero-order chi connectivity index (χ0) is 15.9. The molecule has 0 aliphatic heterocycles. The first-order valence-corrected chi connectivity index (χ1v) is 8.49. The van der Waals surface area contributed by atoms with Crippen LogP contribution in [0.5, 0.6) is 5.75 Å². The molecule has 1 aromatic heterocycles. The van der Waals surface area contributed by atoms with Gasteiger partial charge in [-0.1, -0.05) is 26.0 Å². The summed E-state index contributed by atoms with van der Waals surface area (Å²) in [5, 5.41) is 7.29. The monoisotopic (exact) mass is 317 g/mol. The molecule has 0 bridgehead atoms. The molecule has 0 fully saturated rings. The lowest BCUT2D eigenvalue weighted by Crippen LogP contribution is -2.31. The number of thiophene rings is 1. The third-order valence-corrected chi connectivity index (χ3v) is 4.41. The topological polar surface area (TPSA) is 38.3 Å². The number of methoxy groups -OCH3 is 1. The van der Waals surface area contributed by atoms with Gasteiger partial charge in [-0.2, -0.15) is 11.3 Å². The number of ether oxygens (including phenoxy) is 1. The highest BCUT2D eigenvalue weighted by Gasteiger charge is 2.18. The molecule has 0 radical (unpaired) electrons. The van der Waals surface area contributed by atoms with Gasteiger partial charge in [-0.25, -0.2) is 0 Å². The van der Waals surface area contributed by atoms with Gasteiger partial charge in [0.1, 0.15) is 5.75 Å². The van der Waals surface area contributed by atoms with Gasteiger partial charge in [0, 0.05) is 6.42 Å². The van der Waals surface area contributed by atoms with E-state index in [1.54, 1.807) is 18.4 Å². The number of amides is 1. The van der Waals surface area contributed by atoms with Crippen molar-refractivity contribution in [2.24, 2.45) is 5.92 Å². The molecule has 1 N–H and O–H groups in total.